The lowest BCUT2D eigenvalue weighted by Gasteiger charge is -2.21. The van der Waals surface area contributed by atoms with Crippen molar-refractivity contribution < 1.29 is 9.90 Å². The highest BCUT2D eigenvalue weighted by Crippen LogP contribution is 2.28. The minimum Gasteiger partial charge on any atom is -0.395 e. The van der Waals surface area contributed by atoms with E-state index in [1.807, 2.05) is 0 Å². The van der Waals surface area contributed by atoms with Gasteiger partial charge in [0, 0.05) is 25.8 Å². The molecule has 0 aliphatic heterocycles. The third kappa shape index (κ3) is 2.73. The fraction of sp³-hybridized carbons (Fsp3) is 0.500. The fourth-order valence-corrected chi connectivity index (χ4v) is 2.11. The summed E-state index contributed by atoms with van der Waals surface area (Å²) < 4.78 is 0. The van der Waals surface area contributed by atoms with Crippen LogP contribution in [0.5, 0.6) is 0 Å². The first-order chi connectivity index (χ1) is 8.67. The van der Waals surface area contributed by atoms with Gasteiger partial charge in [0.15, 0.2) is 0 Å². The highest BCUT2D eigenvalue weighted by atomic mass is 35.5. The van der Waals surface area contributed by atoms with Gasteiger partial charge in [0.25, 0.3) is 5.91 Å². The van der Waals surface area contributed by atoms with Crippen LogP contribution in [0, 0.1) is 0 Å². The predicted octanol–water partition coefficient (Wildman–Crippen LogP) is 1.37. The maximum atomic E-state index is 12.3. The Labute approximate surface area is 111 Å². The Morgan fingerprint density at radius 1 is 1.67 bits per heavy atom. The number of hydrogen-bond acceptors (Lipinski definition) is 4. The highest BCUT2D eigenvalue weighted by Gasteiger charge is 2.32. The van der Waals surface area contributed by atoms with E-state index in [0.29, 0.717) is 22.9 Å². The van der Waals surface area contributed by atoms with Crippen LogP contribution < -0.4 is 5.32 Å². The van der Waals surface area contributed by atoms with Gasteiger partial charge in [-0.05, 0) is 18.9 Å². The molecule has 0 atom stereocenters. The Hall–Kier alpha value is -1.33. The third-order valence-electron chi connectivity index (χ3n) is 2.91. The molecule has 5 nitrogen and oxygen atoms in total. The second-order valence-electron chi connectivity index (χ2n) is 4.26. The molecule has 98 valence electrons. The van der Waals surface area contributed by atoms with Gasteiger partial charge in [0.1, 0.15) is 5.82 Å². The van der Waals surface area contributed by atoms with Crippen molar-refractivity contribution in [2.24, 2.45) is 0 Å². The molecule has 1 aliphatic rings. The van der Waals surface area contributed by atoms with Crippen LogP contribution in [0.1, 0.15) is 23.2 Å². The van der Waals surface area contributed by atoms with Crippen LogP contribution in [0.25, 0.3) is 0 Å². The van der Waals surface area contributed by atoms with E-state index >= 15 is 0 Å². The number of amides is 1. The Kier molecular flexibility index (Phi) is 4.04. The summed E-state index contributed by atoms with van der Waals surface area (Å²) in [4.78, 5) is 18.0. The first-order valence-electron chi connectivity index (χ1n) is 5.92. The van der Waals surface area contributed by atoms with Crippen molar-refractivity contribution >= 4 is 23.3 Å². The van der Waals surface area contributed by atoms with Gasteiger partial charge in [-0.2, -0.15) is 0 Å². The molecule has 1 saturated carbocycles. The minimum atomic E-state index is -0.122. The fourth-order valence-electron chi connectivity index (χ4n) is 1.85. The number of aromatic nitrogens is 1. The molecule has 6 heteroatoms. The van der Waals surface area contributed by atoms with Crippen molar-refractivity contribution in [1.29, 1.82) is 0 Å². The molecule has 1 aromatic heterocycles. The number of nitrogens with zero attached hydrogens (tertiary/aromatic N) is 2. The van der Waals surface area contributed by atoms with Crippen molar-refractivity contribution in [2.75, 3.05) is 25.5 Å². The van der Waals surface area contributed by atoms with E-state index < -0.39 is 0 Å². The topological polar surface area (TPSA) is 65.5 Å². The van der Waals surface area contributed by atoms with Crippen molar-refractivity contribution in [3.8, 4) is 0 Å². The van der Waals surface area contributed by atoms with Crippen LogP contribution in [0.3, 0.4) is 0 Å². The standard InChI is InChI=1S/C12H16ClN3O2/c1-14-11-10(13)6-8(7-15-11)12(18)16(4-5-17)9-2-3-9/h6-7,9,17H,2-5H2,1H3,(H,14,15). The van der Waals surface area contributed by atoms with E-state index in [4.69, 9.17) is 16.7 Å². The second kappa shape index (κ2) is 5.54. The maximum absolute atomic E-state index is 12.3. The molecule has 0 bridgehead atoms. The molecule has 1 amide bonds. The number of carbonyl (C=O) groups is 1. The van der Waals surface area contributed by atoms with Gasteiger partial charge in [-0.15, -0.1) is 0 Å². The van der Waals surface area contributed by atoms with Crippen LogP contribution in [0.4, 0.5) is 5.82 Å². The summed E-state index contributed by atoms with van der Waals surface area (Å²) in [6, 6.07) is 1.86. The number of pyridine rings is 1. The maximum Gasteiger partial charge on any atom is 0.255 e. The van der Waals surface area contributed by atoms with E-state index in [0.717, 1.165) is 12.8 Å². The van der Waals surface area contributed by atoms with E-state index in [9.17, 15) is 4.79 Å². The monoisotopic (exact) mass is 269 g/mol. The summed E-state index contributed by atoms with van der Waals surface area (Å²) in [5.74, 6) is 0.428. The quantitative estimate of drug-likeness (QED) is 0.847. The number of aliphatic hydroxyl groups excluding tert-OH is 1. The number of hydrogen-bond donors (Lipinski definition) is 2. The molecule has 0 saturated heterocycles. The highest BCUT2D eigenvalue weighted by molar-refractivity contribution is 6.33. The lowest BCUT2D eigenvalue weighted by Crippen LogP contribution is -2.35. The van der Waals surface area contributed by atoms with E-state index in [2.05, 4.69) is 10.3 Å². The summed E-state index contributed by atoms with van der Waals surface area (Å²) in [7, 11) is 1.72. The number of rotatable bonds is 5. The molecule has 0 aromatic carbocycles. The first kappa shape index (κ1) is 13.1. The SMILES string of the molecule is CNc1ncc(C(=O)N(CCO)C2CC2)cc1Cl. The Balaban J connectivity index is 2.18. The van der Waals surface area contributed by atoms with Gasteiger partial charge in [-0.3, -0.25) is 4.79 Å². The molecule has 1 aromatic rings. The summed E-state index contributed by atoms with van der Waals surface area (Å²) in [5.41, 5.74) is 0.458. The smallest absolute Gasteiger partial charge is 0.255 e. The molecule has 1 heterocycles. The third-order valence-corrected chi connectivity index (χ3v) is 3.20. The van der Waals surface area contributed by atoms with Gasteiger partial charge in [0.05, 0.1) is 17.2 Å². The summed E-state index contributed by atoms with van der Waals surface area (Å²) >= 11 is 6.01. The van der Waals surface area contributed by atoms with Crippen LogP contribution in [0.15, 0.2) is 12.3 Å². The lowest BCUT2D eigenvalue weighted by atomic mass is 10.2. The molecule has 18 heavy (non-hydrogen) atoms. The molecule has 0 unspecified atom stereocenters. The minimum absolute atomic E-state index is 0.0298. The van der Waals surface area contributed by atoms with Gasteiger partial charge in [0.2, 0.25) is 0 Å². The molecule has 0 spiro atoms. The number of aliphatic hydroxyl groups is 1. The van der Waals surface area contributed by atoms with Crippen LogP contribution in [-0.2, 0) is 0 Å². The first-order valence-corrected chi connectivity index (χ1v) is 6.30. The van der Waals surface area contributed by atoms with E-state index in [1.54, 1.807) is 18.0 Å². The Bertz CT molecular complexity index is 449. The van der Waals surface area contributed by atoms with Crippen LogP contribution >= 0.6 is 11.6 Å². The molecule has 1 fully saturated rings. The molecule has 2 N–H and O–H groups in total. The Morgan fingerprint density at radius 3 is 2.89 bits per heavy atom. The average Bonchev–Trinajstić information content (AvgIpc) is 3.19. The molecule has 1 aliphatic carbocycles. The van der Waals surface area contributed by atoms with Crippen LogP contribution in [0.2, 0.25) is 5.02 Å². The molecule has 2 rings (SSSR count). The van der Waals surface area contributed by atoms with Crippen molar-refractivity contribution in [3.63, 3.8) is 0 Å². The average molecular weight is 270 g/mol. The zero-order valence-corrected chi connectivity index (χ0v) is 10.9. The van der Waals surface area contributed by atoms with Crippen LogP contribution in [-0.4, -0.2) is 47.1 Å². The van der Waals surface area contributed by atoms with Gasteiger partial charge in [-0.25, -0.2) is 4.98 Å². The molecular weight excluding hydrogens is 254 g/mol. The van der Waals surface area contributed by atoms with E-state index in [1.165, 1.54) is 6.20 Å². The van der Waals surface area contributed by atoms with Crippen molar-refractivity contribution in [2.45, 2.75) is 18.9 Å². The summed E-state index contributed by atoms with van der Waals surface area (Å²) in [6.07, 6.45) is 3.51. The summed E-state index contributed by atoms with van der Waals surface area (Å²) in [6.45, 7) is 0.326. The molecular formula is C12H16ClN3O2. The number of halogens is 1. The van der Waals surface area contributed by atoms with Gasteiger partial charge < -0.3 is 15.3 Å². The van der Waals surface area contributed by atoms with Crippen molar-refractivity contribution in [1.82, 2.24) is 9.88 Å². The normalized spacial score (nSPS) is 14.4. The second-order valence-corrected chi connectivity index (χ2v) is 4.66. The largest absolute Gasteiger partial charge is 0.395 e. The van der Waals surface area contributed by atoms with Gasteiger partial charge >= 0.3 is 0 Å². The predicted molar refractivity (Wildman–Crippen MR) is 69.9 cm³/mol. The van der Waals surface area contributed by atoms with Gasteiger partial charge in [-0.1, -0.05) is 11.6 Å². The zero-order chi connectivity index (χ0) is 13.1. The van der Waals surface area contributed by atoms with E-state index in [-0.39, 0.29) is 18.6 Å². The summed E-state index contributed by atoms with van der Waals surface area (Å²) in [5, 5.41) is 12.3. The number of nitrogens with one attached hydrogen (secondary N) is 1. The molecule has 0 radical (unpaired) electrons. The lowest BCUT2D eigenvalue weighted by molar-refractivity contribution is 0.0707. The zero-order valence-electron chi connectivity index (χ0n) is 10.2. The number of carbonyl (C=O) groups excluding carboxylic acids is 1. The van der Waals surface area contributed by atoms with Crippen molar-refractivity contribution in [3.05, 3.63) is 22.8 Å². The number of anilines is 1. The Morgan fingerprint density at radius 2 is 2.39 bits per heavy atom.